The summed E-state index contributed by atoms with van der Waals surface area (Å²) < 4.78 is 6.63. The monoisotopic (exact) mass is 340 g/mol. The van der Waals surface area contributed by atoms with E-state index in [-0.39, 0.29) is 5.97 Å². The van der Waals surface area contributed by atoms with Gasteiger partial charge < -0.3 is 4.74 Å². The van der Waals surface area contributed by atoms with Crippen LogP contribution in [0.3, 0.4) is 0 Å². The zero-order chi connectivity index (χ0) is 17.1. The Kier molecular flexibility index (Phi) is 4.67. The first kappa shape index (κ1) is 16.3. The third-order valence-corrected chi connectivity index (χ3v) is 4.27. The van der Waals surface area contributed by atoms with Gasteiger partial charge in [0.1, 0.15) is 0 Å². The second kappa shape index (κ2) is 6.89. The summed E-state index contributed by atoms with van der Waals surface area (Å²) in [5.41, 5.74) is 4.25. The molecule has 0 bridgehead atoms. The Balaban J connectivity index is 1.87. The van der Waals surface area contributed by atoms with Crippen LogP contribution in [0.2, 0.25) is 5.02 Å². The van der Waals surface area contributed by atoms with Crippen LogP contribution in [0.1, 0.15) is 21.5 Å². The summed E-state index contributed by atoms with van der Waals surface area (Å²) in [6.45, 7) is 2.46. The maximum Gasteiger partial charge on any atom is 0.338 e. The third-order valence-electron chi connectivity index (χ3n) is 3.86. The van der Waals surface area contributed by atoms with E-state index in [4.69, 9.17) is 16.3 Å². The van der Waals surface area contributed by atoms with Gasteiger partial charge in [0.05, 0.1) is 24.9 Å². The SMILES string of the molecule is COC(=O)c1ccccc1Cn1ccc(-c2ccc(C)c(Cl)c2)n1. The fourth-order valence-corrected chi connectivity index (χ4v) is 2.68. The Morgan fingerprint density at radius 1 is 1.21 bits per heavy atom. The number of nitrogens with zero attached hydrogens (tertiary/aromatic N) is 2. The molecule has 0 aliphatic heterocycles. The fourth-order valence-electron chi connectivity index (χ4n) is 2.50. The summed E-state index contributed by atoms with van der Waals surface area (Å²) in [4.78, 5) is 11.9. The van der Waals surface area contributed by atoms with Gasteiger partial charge >= 0.3 is 5.97 Å². The van der Waals surface area contributed by atoms with Crippen LogP contribution in [0.4, 0.5) is 0 Å². The molecule has 122 valence electrons. The van der Waals surface area contributed by atoms with Crippen molar-refractivity contribution in [2.75, 3.05) is 7.11 Å². The number of rotatable bonds is 4. The van der Waals surface area contributed by atoms with Gasteiger partial charge in [0.25, 0.3) is 0 Å². The van der Waals surface area contributed by atoms with E-state index in [1.165, 1.54) is 7.11 Å². The lowest BCUT2D eigenvalue weighted by Gasteiger charge is -2.08. The molecule has 4 nitrogen and oxygen atoms in total. The standard InChI is InChI=1S/C19H17ClN2O2/c1-13-7-8-14(11-17(13)20)18-9-10-22(21-18)12-15-5-3-4-6-16(15)19(23)24-2/h3-11H,12H2,1-2H3. The van der Waals surface area contributed by atoms with Crippen molar-refractivity contribution in [3.05, 3.63) is 76.4 Å². The molecule has 0 amide bonds. The molecular formula is C19H17ClN2O2. The highest BCUT2D eigenvalue weighted by Crippen LogP contribution is 2.24. The Hall–Kier alpha value is -2.59. The van der Waals surface area contributed by atoms with E-state index in [1.807, 2.05) is 55.6 Å². The van der Waals surface area contributed by atoms with Crippen LogP contribution in [0.5, 0.6) is 0 Å². The first-order chi connectivity index (χ1) is 11.6. The van der Waals surface area contributed by atoms with E-state index in [2.05, 4.69) is 5.10 Å². The molecule has 3 aromatic rings. The van der Waals surface area contributed by atoms with Gasteiger partial charge in [0.2, 0.25) is 0 Å². The molecule has 0 aliphatic rings. The molecule has 3 rings (SSSR count). The predicted octanol–water partition coefficient (Wildman–Crippen LogP) is 4.35. The van der Waals surface area contributed by atoms with Crippen LogP contribution in [-0.4, -0.2) is 22.9 Å². The first-order valence-electron chi connectivity index (χ1n) is 7.54. The van der Waals surface area contributed by atoms with Gasteiger partial charge in [0.15, 0.2) is 0 Å². The lowest BCUT2D eigenvalue weighted by Crippen LogP contribution is -2.09. The van der Waals surface area contributed by atoms with Crippen LogP contribution in [0, 0.1) is 6.92 Å². The van der Waals surface area contributed by atoms with Crippen LogP contribution < -0.4 is 0 Å². The van der Waals surface area contributed by atoms with Crippen molar-refractivity contribution in [2.45, 2.75) is 13.5 Å². The van der Waals surface area contributed by atoms with Gasteiger partial charge in [-0.15, -0.1) is 0 Å². The van der Waals surface area contributed by atoms with Crippen molar-refractivity contribution in [3.8, 4) is 11.3 Å². The van der Waals surface area contributed by atoms with Crippen LogP contribution in [0.15, 0.2) is 54.7 Å². The van der Waals surface area contributed by atoms with Gasteiger partial charge in [-0.25, -0.2) is 4.79 Å². The van der Waals surface area contributed by atoms with Gasteiger partial charge in [-0.1, -0.05) is 41.9 Å². The maximum atomic E-state index is 11.9. The van der Waals surface area contributed by atoms with Gasteiger partial charge in [0, 0.05) is 16.8 Å². The molecule has 1 heterocycles. The molecule has 0 saturated heterocycles. The van der Waals surface area contributed by atoms with E-state index in [9.17, 15) is 4.79 Å². The normalized spacial score (nSPS) is 10.6. The lowest BCUT2D eigenvalue weighted by molar-refractivity contribution is 0.0599. The van der Waals surface area contributed by atoms with Crippen molar-refractivity contribution in [3.63, 3.8) is 0 Å². The molecular weight excluding hydrogens is 324 g/mol. The summed E-state index contributed by atoms with van der Waals surface area (Å²) in [6.07, 6.45) is 1.89. The average molecular weight is 341 g/mol. The zero-order valence-electron chi connectivity index (χ0n) is 13.5. The molecule has 0 atom stereocenters. The molecule has 0 spiro atoms. The van der Waals surface area contributed by atoms with Crippen molar-refractivity contribution in [1.29, 1.82) is 0 Å². The second-order valence-electron chi connectivity index (χ2n) is 5.51. The predicted molar refractivity (Wildman–Crippen MR) is 94.3 cm³/mol. The van der Waals surface area contributed by atoms with Gasteiger partial charge in [-0.3, -0.25) is 4.68 Å². The number of hydrogen-bond donors (Lipinski definition) is 0. The topological polar surface area (TPSA) is 44.1 Å². The highest BCUT2D eigenvalue weighted by molar-refractivity contribution is 6.31. The summed E-state index contributed by atoms with van der Waals surface area (Å²) in [5.74, 6) is -0.344. The molecule has 0 fully saturated rings. The van der Waals surface area contributed by atoms with Crippen molar-refractivity contribution < 1.29 is 9.53 Å². The Morgan fingerprint density at radius 2 is 2.00 bits per heavy atom. The van der Waals surface area contributed by atoms with Crippen LogP contribution in [-0.2, 0) is 11.3 Å². The minimum Gasteiger partial charge on any atom is -0.465 e. The highest BCUT2D eigenvalue weighted by atomic mass is 35.5. The number of aryl methyl sites for hydroxylation is 1. The van der Waals surface area contributed by atoms with Crippen molar-refractivity contribution >= 4 is 17.6 Å². The molecule has 0 N–H and O–H groups in total. The van der Waals surface area contributed by atoms with E-state index in [0.29, 0.717) is 12.1 Å². The molecule has 5 heteroatoms. The minimum absolute atomic E-state index is 0.344. The molecule has 0 saturated carbocycles. The summed E-state index contributed by atoms with van der Waals surface area (Å²) >= 11 is 6.19. The van der Waals surface area contributed by atoms with Gasteiger partial charge in [-0.05, 0) is 36.2 Å². The quantitative estimate of drug-likeness (QED) is 0.663. The molecule has 24 heavy (non-hydrogen) atoms. The smallest absolute Gasteiger partial charge is 0.338 e. The molecule has 0 radical (unpaired) electrons. The van der Waals surface area contributed by atoms with E-state index < -0.39 is 0 Å². The molecule has 0 unspecified atom stereocenters. The largest absolute Gasteiger partial charge is 0.465 e. The third kappa shape index (κ3) is 3.34. The zero-order valence-corrected chi connectivity index (χ0v) is 14.2. The number of methoxy groups -OCH3 is 1. The molecule has 0 aliphatic carbocycles. The Labute approximate surface area is 145 Å². The number of hydrogen-bond acceptors (Lipinski definition) is 3. The van der Waals surface area contributed by atoms with Crippen molar-refractivity contribution in [2.24, 2.45) is 0 Å². The van der Waals surface area contributed by atoms with Crippen LogP contribution >= 0.6 is 11.6 Å². The average Bonchev–Trinajstić information content (AvgIpc) is 3.05. The number of aromatic nitrogens is 2. The number of halogens is 1. The highest BCUT2D eigenvalue weighted by Gasteiger charge is 2.12. The number of esters is 1. The fraction of sp³-hybridized carbons (Fsp3) is 0.158. The van der Waals surface area contributed by atoms with E-state index in [0.717, 1.165) is 27.4 Å². The molecule has 1 aromatic heterocycles. The summed E-state index contributed by atoms with van der Waals surface area (Å²) in [6, 6.07) is 15.2. The van der Waals surface area contributed by atoms with Gasteiger partial charge in [-0.2, -0.15) is 5.10 Å². The summed E-state index contributed by atoms with van der Waals surface area (Å²) in [7, 11) is 1.38. The number of ether oxygens (including phenoxy) is 1. The lowest BCUT2D eigenvalue weighted by atomic mass is 10.1. The summed E-state index contributed by atoms with van der Waals surface area (Å²) in [5, 5.41) is 5.30. The van der Waals surface area contributed by atoms with Crippen molar-refractivity contribution in [1.82, 2.24) is 9.78 Å². The Morgan fingerprint density at radius 3 is 2.75 bits per heavy atom. The maximum absolute atomic E-state index is 11.9. The number of carbonyl (C=O) groups excluding carboxylic acids is 1. The van der Waals surface area contributed by atoms with Crippen LogP contribution in [0.25, 0.3) is 11.3 Å². The minimum atomic E-state index is -0.344. The van der Waals surface area contributed by atoms with E-state index in [1.54, 1.807) is 10.7 Å². The first-order valence-corrected chi connectivity index (χ1v) is 7.92. The molecule has 2 aromatic carbocycles. The Bertz CT molecular complexity index is 887. The second-order valence-corrected chi connectivity index (χ2v) is 5.92. The number of benzene rings is 2. The van der Waals surface area contributed by atoms with E-state index >= 15 is 0 Å². The number of carbonyl (C=O) groups is 1.